The highest BCUT2D eigenvalue weighted by Gasteiger charge is 2.24. The Morgan fingerprint density at radius 1 is 0.905 bits per heavy atom. The van der Waals surface area contributed by atoms with E-state index in [0.717, 1.165) is 33.6 Å². The summed E-state index contributed by atoms with van der Waals surface area (Å²) in [6.07, 6.45) is 7.59. The van der Waals surface area contributed by atoms with Crippen LogP contribution in [0.1, 0.15) is 56.2 Å². The van der Waals surface area contributed by atoms with Crippen molar-refractivity contribution in [2.45, 2.75) is 19.3 Å². The predicted octanol–water partition coefficient (Wildman–Crippen LogP) is 5.85. The number of hydrogen-bond donors (Lipinski definition) is 0. The van der Waals surface area contributed by atoms with Gasteiger partial charge in [0.1, 0.15) is 17.8 Å². The van der Waals surface area contributed by atoms with Gasteiger partial charge in [-0.3, -0.25) is 0 Å². The lowest BCUT2D eigenvalue weighted by Gasteiger charge is -2.21. The summed E-state index contributed by atoms with van der Waals surface area (Å²) in [7, 11) is 1.95. The maximum absolute atomic E-state index is 10.5. The largest absolute Gasteiger partial charge is 0.337 e. The van der Waals surface area contributed by atoms with Crippen molar-refractivity contribution in [3.05, 3.63) is 142 Å². The van der Waals surface area contributed by atoms with Gasteiger partial charge in [-0.15, -0.1) is 0 Å². The van der Waals surface area contributed by atoms with Crippen LogP contribution in [-0.2, 0) is 13.5 Å². The lowest BCUT2D eigenvalue weighted by molar-refractivity contribution is 0.793. The average Bonchev–Trinajstić information content (AvgIpc) is 3.70. The topological polar surface area (TPSA) is 120 Å². The third-order valence-corrected chi connectivity index (χ3v) is 7.56. The Balaban J connectivity index is 1.50. The van der Waals surface area contributed by atoms with Gasteiger partial charge in [0.25, 0.3) is 0 Å². The second kappa shape index (κ2) is 10.8. The summed E-state index contributed by atoms with van der Waals surface area (Å²) in [5, 5.41) is 34.8. The number of benzene rings is 3. The minimum Gasteiger partial charge on any atom is -0.337 e. The van der Waals surface area contributed by atoms with Crippen molar-refractivity contribution < 1.29 is 0 Å². The summed E-state index contributed by atoms with van der Waals surface area (Å²) in [6, 6.07) is 28.2. The zero-order valence-electron chi connectivity index (χ0n) is 23.0. The first-order chi connectivity index (χ1) is 20.5. The molecule has 0 amide bonds. The molecule has 0 bridgehead atoms. The molecule has 3 heterocycles. The number of nitriles is 3. The molecule has 6 rings (SSSR count). The van der Waals surface area contributed by atoms with Crippen LogP contribution in [0.3, 0.4) is 0 Å². The molecular weight excluding hydrogens is 520 g/mol. The van der Waals surface area contributed by atoms with Crippen molar-refractivity contribution in [1.29, 1.82) is 15.8 Å². The molecule has 3 aromatic heterocycles. The number of nitrogens with zero attached hydrogens (tertiary/aromatic N) is 8. The quantitative estimate of drug-likeness (QED) is 0.259. The lowest BCUT2D eigenvalue weighted by Crippen LogP contribution is -2.09. The van der Waals surface area contributed by atoms with Gasteiger partial charge < -0.3 is 4.57 Å². The van der Waals surface area contributed by atoms with E-state index in [1.807, 2.05) is 91.6 Å². The molecule has 3 aromatic carbocycles. The van der Waals surface area contributed by atoms with E-state index in [1.54, 1.807) is 17.2 Å². The Kier molecular flexibility index (Phi) is 6.77. The molecule has 0 saturated heterocycles. The summed E-state index contributed by atoms with van der Waals surface area (Å²) in [5.41, 5.74) is 8.19. The second-order valence-corrected chi connectivity index (χ2v) is 10.2. The van der Waals surface area contributed by atoms with Crippen molar-refractivity contribution in [3.63, 3.8) is 0 Å². The maximum Gasteiger partial charge on any atom is 0.146 e. The fourth-order valence-corrected chi connectivity index (χ4v) is 5.49. The van der Waals surface area contributed by atoms with E-state index in [1.165, 1.54) is 0 Å². The van der Waals surface area contributed by atoms with E-state index in [4.69, 9.17) is 4.98 Å². The van der Waals surface area contributed by atoms with Crippen molar-refractivity contribution >= 4 is 10.9 Å². The Morgan fingerprint density at radius 3 is 2.31 bits per heavy atom. The van der Waals surface area contributed by atoms with Crippen LogP contribution in [-0.4, -0.2) is 24.3 Å². The first-order valence-corrected chi connectivity index (χ1v) is 13.3. The second-order valence-electron chi connectivity index (χ2n) is 10.2. The fraction of sp³-hybridized carbons (Fsp3) is 0.118. The highest BCUT2D eigenvalue weighted by molar-refractivity contribution is 5.90. The van der Waals surface area contributed by atoms with Crippen LogP contribution in [0.4, 0.5) is 0 Å². The van der Waals surface area contributed by atoms with Gasteiger partial charge in [-0.25, -0.2) is 14.6 Å². The molecule has 0 aliphatic heterocycles. The Bertz CT molecular complexity index is 2050. The number of aromatic nitrogens is 5. The van der Waals surface area contributed by atoms with Crippen LogP contribution in [0.15, 0.2) is 91.6 Å². The molecular formula is C34H24N8. The van der Waals surface area contributed by atoms with Gasteiger partial charge in [-0.05, 0) is 65.6 Å². The van der Waals surface area contributed by atoms with Crippen molar-refractivity contribution in [2.75, 3.05) is 0 Å². The number of imidazole rings is 1. The highest BCUT2D eigenvalue weighted by Crippen LogP contribution is 2.36. The molecule has 8 heteroatoms. The summed E-state index contributed by atoms with van der Waals surface area (Å²) < 4.78 is 3.75. The molecule has 1 atom stereocenters. The maximum atomic E-state index is 10.5. The van der Waals surface area contributed by atoms with Crippen LogP contribution in [0.2, 0.25) is 0 Å². The summed E-state index contributed by atoms with van der Waals surface area (Å²) in [4.78, 5) is 9.11. The predicted molar refractivity (Wildman–Crippen MR) is 158 cm³/mol. The van der Waals surface area contributed by atoms with Gasteiger partial charge in [0.05, 0.1) is 40.6 Å². The zero-order valence-corrected chi connectivity index (χ0v) is 23.0. The van der Waals surface area contributed by atoms with Crippen LogP contribution < -0.4 is 0 Å². The molecule has 0 radical (unpaired) electrons. The molecule has 0 saturated carbocycles. The summed E-state index contributed by atoms with van der Waals surface area (Å²) in [6.45, 7) is 1.95. The van der Waals surface area contributed by atoms with Crippen LogP contribution >= 0.6 is 0 Å². The summed E-state index contributed by atoms with van der Waals surface area (Å²) >= 11 is 0. The minimum absolute atomic E-state index is 0.200. The molecule has 0 aliphatic rings. The number of hydrogen-bond acceptors (Lipinski definition) is 6. The van der Waals surface area contributed by atoms with E-state index in [0.29, 0.717) is 34.0 Å². The third kappa shape index (κ3) is 4.66. The van der Waals surface area contributed by atoms with E-state index in [-0.39, 0.29) is 11.6 Å². The van der Waals surface area contributed by atoms with Gasteiger partial charge >= 0.3 is 0 Å². The zero-order chi connectivity index (χ0) is 29.2. The lowest BCUT2D eigenvalue weighted by atomic mass is 9.85. The standard InChI is InChI=1S/C34H24N8/c1-22-14-26(33(32-20-38-21-41(32)2)25-8-4-24(17-35)5-9-25)16-29-30(18-36)28(31(19-37)40-34(22)29)15-23-6-10-27(11-7-23)42-13-3-12-39-42/h3-14,16,20-21,33H,15H2,1-2H3. The first-order valence-electron chi connectivity index (χ1n) is 13.3. The van der Waals surface area contributed by atoms with Gasteiger partial charge in [-0.2, -0.15) is 20.9 Å². The van der Waals surface area contributed by atoms with Crippen LogP contribution in [0.5, 0.6) is 0 Å². The number of pyridine rings is 1. The molecule has 200 valence electrons. The molecule has 0 aliphatic carbocycles. The molecule has 0 spiro atoms. The Hall–Kier alpha value is -6.04. The van der Waals surface area contributed by atoms with Crippen molar-refractivity contribution in [1.82, 2.24) is 24.3 Å². The van der Waals surface area contributed by atoms with Gasteiger partial charge in [0.15, 0.2) is 0 Å². The number of fused-ring (bicyclic) bond motifs is 1. The minimum atomic E-state index is -0.200. The molecule has 6 aromatic rings. The molecule has 1 unspecified atom stereocenters. The van der Waals surface area contributed by atoms with Crippen LogP contribution in [0.25, 0.3) is 16.6 Å². The summed E-state index contributed by atoms with van der Waals surface area (Å²) in [5.74, 6) is -0.200. The SMILES string of the molecule is Cc1cc(C(c2ccc(C#N)cc2)c2cncn2C)cc2c(C#N)c(Cc3ccc(-n4cccn4)cc3)c(C#N)nc12. The third-order valence-electron chi connectivity index (χ3n) is 7.56. The van der Waals surface area contributed by atoms with E-state index >= 15 is 0 Å². The highest BCUT2D eigenvalue weighted by atomic mass is 15.3. The number of rotatable bonds is 6. The molecule has 8 nitrogen and oxygen atoms in total. The van der Waals surface area contributed by atoms with Gasteiger partial charge in [-0.1, -0.05) is 30.3 Å². The Morgan fingerprint density at radius 2 is 1.69 bits per heavy atom. The van der Waals surface area contributed by atoms with Gasteiger partial charge in [0, 0.05) is 48.7 Å². The molecule has 0 fully saturated rings. The van der Waals surface area contributed by atoms with E-state index in [9.17, 15) is 15.8 Å². The van der Waals surface area contributed by atoms with E-state index in [2.05, 4.69) is 34.4 Å². The number of aryl methyl sites for hydroxylation is 2. The fourth-order valence-electron chi connectivity index (χ4n) is 5.49. The first kappa shape index (κ1) is 26.2. The monoisotopic (exact) mass is 544 g/mol. The molecule has 0 N–H and O–H groups in total. The van der Waals surface area contributed by atoms with E-state index < -0.39 is 0 Å². The molecule has 42 heavy (non-hydrogen) atoms. The smallest absolute Gasteiger partial charge is 0.146 e. The average molecular weight is 545 g/mol. The van der Waals surface area contributed by atoms with Crippen LogP contribution in [0, 0.1) is 40.9 Å². The Labute approximate surface area is 243 Å². The normalized spacial score (nSPS) is 11.5. The van der Waals surface area contributed by atoms with Gasteiger partial charge in [0.2, 0.25) is 0 Å². The van der Waals surface area contributed by atoms with Crippen molar-refractivity contribution in [3.8, 4) is 23.9 Å². The van der Waals surface area contributed by atoms with Crippen molar-refractivity contribution in [2.24, 2.45) is 7.05 Å².